The Bertz CT molecular complexity index is 1360. The van der Waals surface area contributed by atoms with Crippen LogP contribution in [-0.4, -0.2) is 11.7 Å². The van der Waals surface area contributed by atoms with Crippen molar-refractivity contribution in [3.8, 4) is 0 Å². The maximum Gasteiger partial charge on any atom is 0.296 e. The second-order valence-corrected chi connectivity index (χ2v) is 7.00. The number of carbonyl (C=O) groups excluding carboxylic acids is 2. The normalized spacial score (nSPS) is 11.0. The molecule has 5 aromatic rings. The van der Waals surface area contributed by atoms with Crippen LogP contribution in [0, 0.1) is 0 Å². The molecule has 0 radical (unpaired) electrons. The van der Waals surface area contributed by atoms with Gasteiger partial charge in [-0.3, -0.25) is 9.59 Å². The second-order valence-electron chi connectivity index (χ2n) is 7.00. The lowest BCUT2D eigenvalue weighted by Gasteiger charge is -2.13. The van der Waals surface area contributed by atoms with E-state index < -0.39 is 11.7 Å². The molecular formula is C26H17NO2. The molecule has 5 rings (SSSR count). The maximum absolute atomic E-state index is 13.0. The lowest BCUT2D eigenvalue weighted by Crippen LogP contribution is -2.23. The zero-order valence-corrected chi connectivity index (χ0v) is 15.6. The molecular weight excluding hydrogens is 358 g/mol. The standard InChI is InChI=1S/C26H17NO2/c28-25(23-15-7-11-17-8-1-4-12-20(17)23)26(29)27-24-21-13-5-2-9-18(21)16-19-10-3-6-14-22(19)24/h1-16H,(H,27,29). The highest BCUT2D eigenvalue weighted by atomic mass is 16.2. The average molecular weight is 375 g/mol. The van der Waals surface area contributed by atoms with E-state index in [0.717, 1.165) is 32.3 Å². The van der Waals surface area contributed by atoms with Gasteiger partial charge in [0.05, 0.1) is 5.69 Å². The van der Waals surface area contributed by atoms with Crippen molar-refractivity contribution in [2.45, 2.75) is 0 Å². The number of rotatable bonds is 3. The first kappa shape index (κ1) is 17.1. The Morgan fingerprint density at radius 2 is 1.07 bits per heavy atom. The van der Waals surface area contributed by atoms with E-state index in [1.807, 2.05) is 78.9 Å². The predicted octanol–water partition coefficient (Wildman–Crippen LogP) is 5.97. The van der Waals surface area contributed by atoms with Crippen LogP contribution < -0.4 is 5.32 Å². The molecule has 3 nitrogen and oxygen atoms in total. The van der Waals surface area contributed by atoms with Crippen molar-refractivity contribution in [3.05, 3.63) is 103 Å². The Kier molecular flexibility index (Phi) is 4.07. The maximum atomic E-state index is 13.0. The van der Waals surface area contributed by atoms with Gasteiger partial charge in [0.2, 0.25) is 0 Å². The summed E-state index contributed by atoms with van der Waals surface area (Å²) in [6, 6.07) is 30.8. The molecule has 1 amide bonds. The van der Waals surface area contributed by atoms with Gasteiger partial charge in [-0.1, -0.05) is 91.0 Å². The van der Waals surface area contributed by atoms with Gasteiger partial charge in [-0.25, -0.2) is 0 Å². The van der Waals surface area contributed by atoms with Gasteiger partial charge in [-0.05, 0) is 27.6 Å². The van der Waals surface area contributed by atoms with E-state index in [-0.39, 0.29) is 0 Å². The summed E-state index contributed by atoms with van der Waals surface area (Å²) in [4.78, 5) is 26.0. The third-order valence-corrected chi connectivity index (χ3v) is 5.25. The minimum Gasteiger partial charge on any atom is -0.318 e. The number of hydrogen-bond acceptors (Lipinski definition) is 2. The Balaban J connectivity index is 1.61. The fourth-order valence-electron chi connectivity index (χ4n) is 3.86. The number of fused-ring (bicyclic) bond motifs is 3. The molecule has 29 heavy (non-hydrogen) atoms. The number of ketones is 1. The van der Waals surface area contributed by atoms with Crippen LogP contribution in [0.5, 0.6) is 0 Å². The van der Waals surface area contributed by atoms with E-state index in [4.69, 9.17) is 0 Å². The molecule has 0 fully saturated rings. The Morgan fingerprint density at radius 3 is 1.72 bits per heavy atom. The summed E-state index contributed by atoms with van der Waals surface area (Å²) in [5.74, 6) is -1.18. The molecule has 0 bridgehead atoms. The summed E-state index contributed by atoms with van der Waals surface area (Å²) in [7, 11) is 0. The predicted molar refractivity (Wildman–Crippen MR) is 118 cm³/mol. The van der Waals surface area contributed by atoms with Crippen LogP contribution in [0.15, 0.2) is 97.1 Å². The molecule has 0 heterocycles. The van der Waals surface area contributed by atoms with E-state index in [9.17, 15) is 9.59 Å². The van der Waals surface area contributed by atoms with E-state index in [1.54, 1.807) is 12.1 Å². The molecule has 1 N–H and O–H groups in total. The second kappa shape index (κ2) is 6.88. The van der Waals surface area contributed by atoms with Gasteiger partial charge >= 0.3 is 0 Å². The number of amides is 1. The summed E-state index contributed by atoms with van der Waals surface area (Å²) >= 11 is 0. The highest BCUT2D eigenvalue weighted by Crippen LogP contribution is 2.33. The minimum absolute atomic E-state index is 0.408. The number of carbonyl (C=O) groups is 2. The first-order valence-electron chi connectivity index (χ1n) is 9.46. The molecule has 0 spiro atoms. The Labute approximate surface area is 167 Å². The van der Waals surface area contributed by atoms with Crippen LogP contribution in [0.4, 0.5) is 5.69 Å². The number of hydrogen-bond donors (Lipinski definition) is 1. The van der Waals surface area contributed by atoms with Crippen LogP contribution >= 0.6 is 0 Å². The monoisotopic (exact) mass is 375 g/mol. The van der Waals surface area contributed by atoms with Gasteiger partial charge in [0.1, 0.15) is 0 Å². The zero-order valence-electron chi connectivity index (χ0n) is 15.6. The lowest BCUT2D eigenvalue weighted by molar-refractivity contribution is -0.112. The number of Topliss-reactive ketones (excluding diaryl/α,β-unsaturated/α-hetero) is 1. The molecule has 0 saturated heterocycles. The summed E-state index contributed by atoms with van der Waals surface area (Å²) in [6.07, 6.45) is 0. The molecule has 138 valence electrons. The first-order valence-corrected chi connectivity index (χ1v) is 9.46. The third kappa shape index (κ3) is 2.93. The van der Waals surface area contributed by atoms with E-state index in [1.165, 1.54) is 0 Å². The van der Waals surface area contributed by atoms with Gasteiger partial charge in [0.25, 0.3) is 11.7 Å². The van der Waals surface area contributed by atoms with Crippen LogP contribution in [0.3, 0.4) is 0 Å². The molecule has 0 saturated carbocycles. The van der Waals surface area contributed by atoms with Crippen molar-refractivity contribution < 1.29 is 9.59 Å². The first-order chi connectivity index (χ1) is 14.2. The molecule has 0 aliphatic rings. The number of benzene rings is 5. The van der Waals surface area contributed by atoms with Gasteiger partial charge in [-0.2, -0.15) is 0 Å². The number of anilines is 1. The van der Waals surface area contributed by atoms with Crippen LogP contribution in [0.25, 0.3) is 32.3 Å². The molecule has 0 atom stereocenters. The number of nitrogens with one attached hydrogen (secondary N) is 1. The highest BCUT2D eigenvalue weighted by Gasteiger charge is 2.20. The smallest absolute Gasteiger partial charge is 0.296 e. The SMILES string of the molecule is O=C(Nc1c2ccccc2cc2ccccc12)C(=O)c1cccc2ccccc12. The quantitative estimate of drug-likeness (QED) is 0.240. The van der Waals surface area contributed by atoms with E-state index in [0.29, 0.717) is 11.3 Å². The topological polar surface area (TPSA) is 46.2 Å². The molecule has 0 aliphatic carbocycles. The summed E-state index contributed by atoms with van der Waals surface area (Å²) in [5.41, 5.74) is 1.07. The van der Waals surface area contributed by atoms with E-state index in [2.05, 4.69) is 11.4 Å². The van der Waals surface area contributed by atoms with Crippen molar-refractivity contribution >= 4 is 49.7 Å². The largest absolute Gasteiger partial charge is 0.318 e. The summed E-state index contributed by atoms with van der Waals surface area (Å²) in [6.45, 7) is 0. The van der Waals surface area contributed by atoms with Gasteiger partial charge in [-0.15, -0.1) is 0 Å². The van der Waals surface area contributed by atoms with E-state index >= 15 is 0 Å². The van der Waals surface area contributed by atoms with Crippen LogP contribution in [0.2, 0.25) is 0 Å². The van der Waals surface area contributed by atoms with Gasteiger partial charge in [0, 0.05) is 16.3 Å². The van der Waals surface area contributed by atoms with Crippen molar-refractivity contribution in [3.63, 3.8) is 0 Å². The summed E-state index contributed by atoms with van der Waals surface area (Å²) < 4.78 is 0. The Hall–Kier alpha value is -3.98. The molecule has 0 aliphatic heterocycles. The highest BCUT2D eigenvalue weighted by molar-refractivity contribution is 6.49. The van der Waals surface area contributed by atoms with Crippen molar-refractivity contribution in [1.29, 1.82) is 0 Å². The van der Waals surface area contributed by atoms with Gasteiger partial charge in [0.15, 0.2) is 0 Å². The molecule has 0 aromatic heterocycles. The fraction of sp³-hybridized carbons (Fsp3) is 0. The molecule has 5 aromatic carbocycles. The van der Waals surface area contributed by atoms with Crippen molar-refractivity contribution in [2.24, 2.45) is 0 Å². The summed E-state index contributed by atoms with van der Waals surface area (Å²) in [5, 5.41) is 8.45. The zero-order chi connectivity index (χ0) is 19.8. The van der Waals surface area contributed by atoms with Crippen LogP contribution in [-0.2, 0) is 4.79 Å². The Morgan fingerprint density at radius 1 is 0.552 bits per heavy atom. The lowest BCUT2D eigenvalue weighted by atomic mass is 9.99. The van der Waals surface area contributed by atoms with Gasteiger partial charge < -0.3 is 5.32 Å². The minimum atomic E-state index is -0.636. The average Bonchev–Trinajstić information content (AvgIpc) is 2.78. The molecule has 3 heteroatoms. The fourth-order valence-corrected chi connectivity index (χ4v) is 3.86. The van der Waals surface area contributed by atoms with Crippen molar-refractivity contribution in [2.75, 3.05) is 5.32 Å². The third-order valence-electron chi connectivity index (χ3n) is 5.25. The van der Waals surface area contributed by atoms with Crippen molar-refractivity contribution in [1.82, 2.24) is 0 Å². The molecule has 0 unspecified atom stereocenters. The van der Waals surface area contributed by atoms with Crippen LogP contribution in [0.1, 0.15) is 10.4 Å².